The van der Waals surface area contributed by atoms with Crippen LogP contribution >= 0.6 is 0 Å². The lowest BCUT2D eigenvalue weighted by Crippen LogP contribution is -2.53. The van der Waals surface area contributed by atoms with Gasteiger partial charge in [0, 0.05) is 6.54 Å². The molecule has 1 heterocycles. The minimum absolute atomic E-state index is 0.234. The number of carbonyl (C=O) groups excluding carboxylic acids is 1. The van der Waals surface area contributed by atoms with Gasteiger partial charge in [-0.25, -0.2) is 0 Å². The molecule has 1 fully saturated rings. The fourth-order valence-electron chi connectivity index (χ4n) is 2.77. The van der Waals surface area contributed by atoms with Crippen LogP contribution in [0.15, 0.2) is 0 Å². The summed E-state index contributed by atoms with van der Waals surface area (Å²) in [5, 5.41) is 3.29. The SMILES string of the molecule is CCCNC(C)(CCCN1CCC(C)(C)C1)C(N)=O. The third kappa shape index (κ3) is 5.11. The predicted molar refractivity (Wildman–Crippen MR) is 80.0 cm³/mol. The fourth-order valence-corrected chi connectivity index (χ4v) is 2.77. The minimum atomic E-state index is -0.550. The van der Waals surface area contributed by atoms with E-state index in [1.807, 2.05) is 6.92 Å². The number of likely N-dealkylation sites (tertiary alicyclic amines) is 1. The Morgan fingerprint density at radius 1 is 1.47 bits per heavy atom. The predicted octanol–water partition coefficient (Wildman–Crippen LogP) is 1.74. The van der Waals surface area contributed by atoms with Gasteiger partial charge in [-0.3, -0.25) is 4.79 Å². The van der Waals surface area contributed by atoms with Crippen LogP contribution in [0.1, 0.15) is 53.4 Å². The number of nitrogens with zero attached hydrogens (tertiary/aromatic N) is 1. The Hall–Kier alpha value is -0.610. The average Bonchev–Trinajstić information content (AvgIpc) is 2.66. The van der Waals surface area contributed by atoms with Crippen LogP contribution in [0.4, 0.5) is 0 Å². The maximum Gasteiger partial charge on any atom is 0.237 e. The van der Waals surface area contributed by atoms with Crippen molar-refractivity contribution in [2.75, 3.05) is 26.2 Å². The molecule has 0 aromatic heterocycles. The average molecular weight is 269 g/mol. The second-order valence-electron chi connectivity index (χ2n) is 6.92. The number of primary amides is 1. The van der Waals surface area contributed by atoms with Gasteiger partial charge in [-0.1, -0.05) is 20.8 Å². The Balaban J connectivity index is 2.35. The number of hydrogen-bond acceptors (Lipinski definition) is 3. The van der Waals surface area contributed by atoms with Crippen molar-refractivity contribution in [3.63, 3.8) is 0 Å². The molecule has 0 radical (unpaired) electrons. The molecule has 0 bridgehead atoms. The summed E-state index contributed by atoms with van der Waals surface area (Å²) < 4.78 is 0. The van der Waals surface area contributed by atoms with Crippen molar-refractivity contribution in [2.24, 2.45) is 11.1 Å². The van der Waals surface area contributed by atoms with Crippen molar-refractivity contribution < 1.29 is 4.79 Å². The highest BCUT2D eigenvalue weighted by atomic mass is 16.1. The first-order valence-corrected chi connectivity index (χ1v) is 7.56. The molecule has 1 unspecified atom stereocenters. The second-order valence-corrected chi connectivity index (χ2v) is 6.92. The zero-order valence-electron chi connectivity index (χ0n) is 13.1. The molecule has 0 saturated carbocycles. The van der Waals surface area contributed by atoms with E-state index >= 15 is 0 Å². The van der Waals surface area contributed by atoms with Gasteiger partial charge in [-0.05, 0) is 57.7 Å². The van der Waals surface area contributed by atoms with Crippen molar-refractivity contribution >= 4 is 5.91 Å². The van der Waals surface area contributed by atoms with Crippen LogP contribution in [0, 0.1) is 5.41 Å². The maximum atomic E-state index is 11.6. The van der Waals surface area contributed by atoms with E-state index in [0.717, 1.165) is 32.4 Å². The van der Waals surface area contributed by atoms with Crippen molar-refractivity contribution in [3.8, 4) is 0 Å². The van der Waals surface area contributed by atoms with Crippen LogP contribution in [0.5, 0.6) is 0 Å². The van der Waals surface area contributed by atoms with Gasteiger partial charge < -0.3 is 16.0 Å². The Morgan fingerprint density at radius 3 is 2.63 bits per heavy atom. The first kappa shape index (κ1) is 16.4. The van der Waals surface area contributed by atoms with Crippen molar-refractivity contribution in [2.45, 2.75) is 58.9 Å². The Labute approximate surface area is 118 Å². The number of nitrogens with two attached hydrogens (primary N) is 1. The maximum absolute atomic E-state index is 11.6. The molecule has 4 nitrogen and oxygen atoms in total. The van der Waals surface area contributed by atoms with Gasteiger partial charge in [0.05, 0.1) is 5.54 Å². The summed E-state index contributed by atoms with van der Waals surface area (Å²) in [6.07, 6.45) is 4.13. The van der Waals surface area contributed by atoms with Crippen LogP contribution in [0.3, 0.4) is 0 Å². The van der Waals surface area contributed by atoms with Crippen LogP contribution in [-0.4, -0.2) is 42.5 Å². The largest absolute Gasteiger partial charge is 0.368 e. The van der Waals surface area contributed by atoms with E-state index in [9.17, 15) is 4.79 Å². The first-order chi connectivity index (χ1) is 8.79. The van der Waals surface area contributed by atoms with Gasteiger partial charge in [-0.15, -0.1) is 0 Å². The van der Waals surface area contributed by atoms with Crippen LogP contribution < -0.4 is 11.1 Å². The Morgan fingerprint density at radius 2 is 2.16 bits per heavy atom. The summed E-state index contributed by atoms with van der Waals surface area (Å²) in [5.74, 6) is -0.234. The van der Waals surface area contributed by atoms with Gasteiger partial charge in [-0.2, -0.15) is 0 Å². The highest BCUT2D eigenvalue weighted by Gasteiger charge is 2.31. The molecule has 0 spiro atoms. The Kier molecular flexibility index (Phi) is 5.81. The molecule has 1 aliphatic rings. The van der Waals surface area contributed by atoms with E-state index in [1.54, 1.807) is 0 Å². The number of nitrogens with one attached hydrogen (secondary N) is 1. The highest BCUT2D eigenvalue weighted by molar-refractivity contribution is 5.84. The number of carbonyl (C=O) groups is 1. The summed E-state index contributed by atoms with van der Waals surface area (Å²) in [4.78, 5) is 14.1. The lowest BCUT2D eigenvalue weighted by atomic mass is 9.93. The molecule has 0 aliphatic carbocycles. The molecule has 1 atom stereocenters. The lowest BCUT2D eigenvalue weighted by Gasteiger charge is -2.28. The fraction of sp³-hybridized carbons (Fsp3) is 0.933. The molecule has 1 aliphatic heterocycles. The number of hydrogen-bond donors (Lipinski definition) is 2. The molecule has 1 rings (SSSR count). The molecular formula is C15H31N3O. The molecule has 0 aromatic carbocycles. The van der Waals surface area contributed by atoms with Crippen LogP contribution in [0.2, 0.25) is 0 Å². The van der Waals surface area contributed by atoms with E-state index in [0.29, 0.717) is 5.41 Å². The van der Waals surface area contributed by atoms with Gasteiger partial charge in [0.1, 0.15) is 0 Å². The topological polar surface area (TPSA) is 58.4 Å². The van der Waals surface area contributed by atoms with E-state index in [4.69, 9.17) is 5.73 Å². The number of amides is 1. The van der Waals surface area contributed by atoms with Crippen LogP contribution in [0.25, 0.3) is 0 Å². The van der Waals surface area contributed by atoms with Gasteiger partial charge in [0.2, 0.25) is 5.91 Å². The van der Waals surface area contributed by atoms with Gasteiger partial charge >= 0.3 is 0 Å². The summed E-state index contributed by atoms with van der Waals surface area (Å²) in [7, 11) is 0. The molecule has 0 aromatic rings. The first-order valence-electron chi connectivity index (χ1n) is 7.56. The summed E-state index contributed by atoms with van der Waals surface area (Å²) in [6, 6.07) is 0. The quantitative estimate of drug-likeness (QED) is 0.706. The van der Waals surface area contributed by atoms with E-state index in [2.05, 4.69) is 31.0 Å². The molecule has 19 heavy (non-hydrogen) atoms. The van der Waals surface area contributed by atoms with Gasteiger partial charge in [0.25, 0.3) is 0 Å². The minimum Gasteiger partial charge on any atom is -0.368 e. The van der Waals surface area contributed by atoms with Crippen molar-refractivity contribution in [3.05, 3.63) is 0 Å². The smallest absolute Gasteiger partial charge is 0.237 e. The monoisotopic (exact) mass is 269 g/mol. The van der Waals surface area contributed by atoms with E-state index < -0.39 is 5.54 Å². The third-order valence-electron chi connectivity index (χ3n) is 4.22. The van der Waals surface area contributed by atoms with E-state index in [-0.39, 0.29) is 5.91 Å². The molecule has 112 valence electrons. The summed E-state index contributed by atoms with van der Waals surface area (Å²) in [6.45, 7) is 12.9. The summed E-state index contributed by atoms with van der Waals surface area (Å²) in [5.41, 5.74) is 5.44. The zero-order chi connectivity index (χ0) is 14.5. The third-order valence-corrected chi connectivity index (χ3v) is 4.22. The standard InChI is InChI=1S/C15H31N3O/c1-5-9-17-15(4,13(16)19)7-6-10-18-11-8-14(2,3)12-18/h17H,5-12H2,1-4H3,(H2,16,19). The normalized spacial score (nSPS) is 22.3. The van der Waals surface area contributed by atoms with Crippen LogP contribution in [-0.2, 0) is 4.79 Å². The van der Waals surface area contributed by atoms with Gasteiger partial charge in [0.15, 0.2) is 0 Å². The zero-order valence-corrected chi connectivity index (χ0v) is 13.1. The lowest BCUT2D eigenvalue weighted by molar-refractivity contribution is -0.124. The molecule has 4 heteroatoms. The van der Waals surface area contributed by atoms with Crippen molar-refractivity contribution in [1.29, 1.82) is 0 Å². The number of rotatable bonds is 8. The van der Waals surface area contributed by atoms with E-state index in [1.165, 1.54) is 19.5 Å². The van der Waals surface area contributed by atoms with Crippen molar-refractivity contribution in [1.82, 2.24) is 10.2 Å². The molecule has 1 saturated heterocycles. The molecule has 1 amide bonds. The highest BCUT2D eigenvalue weighted by Crippen LogP contribution is 2.29. The Bertz CT molecular complexity index is 304. The summed E-state index contributed by atoms with van der Waals surface area (Å²) >= 11 is 0. The molecular weight excluding hydrogens is 238 g/mol. The second kappa shape index (κ2) is 6.71. The molecule has 3 N–H and O–H groups in total.